The number of guanidine groups is 1. The average Bonchev–Trinajstić information content (AvgIpc) is 2.81. The molecule has 0 spiro atoms. The molecule has 1 heterocycles. The van der Waals surface area contributed by atoms with Gasteiger partial charge in [-0.3, -0.25) is 4.99 Å². The highest BCUT2D eigenvalue weighted by Gasteiger charge is 2.34. The predicted molar refractivity (Wildman–Crippen MR) is 127 cm³/mol. The number of halogens is 1. The van der Waals surface area contributed by atoms with Crippen LogP contribution in [0.25, 0.3) is 0 Å². The van der Waals surface area contributed by atoms with Gasteiger partial charge in [-0.2, -0.15) is 11.8 Å². The van der Waals surface area contributed by atoms with Crippen molar-refractivity contribution in [2.45, 2.75) is 30.6 Å². The number of nitrogens with zero attached hydrogens (tertiary/aromatic N) is 1. The zero-order valence-electron chi connectivity index (χ0n) is 18.5. The van der Waals surface area contributed by atoms with Gasteiger partial charge in [0, 0.05) is 44.5 Å². The molecule has 0 amide bonds. The summed E-state index contributed by atoms with van der Waals surface area (Å²) >= 11 is 1.69. The van der Waals surface area contributed by atoms with Gasteiger partial charge in [0.25, 0.3) is 0 Å². The van der Waals surface area contributed by atoms with Crippen LogP contribution in [0.2, 0.25) is 0 Å². The molecule has 5 nitrogen and oxygen atoms in total. The van der Waals surface area contributed by atoms with Gasteiger partial charge in [0.2, 0.25) is 0 Å². The largest absolute Gasteiger partial charge is 0.497 e. The Morgan fingerprint density at radius 3 is 2.52 bits per heavy atom. The number of benzene rings is 2. The number of aliphatic imine (C=N–C) groups is 1. The summed E-state index contributed by atoms with van der Waals surface area (Å²) < 4.78 is 24.6. The highest BCUT2D eigenvalue weighted by molar-refractivity contribution is 7.97. The standard InChI is InChI=1S/C24H32FN3O2S/c1-26-23(27-15-18-4-7-21(25)14-19(18)16-31-3)28-17-24(10-12-30-13-11-24)20-5-8-22(29-2)9-6-20/h4-9,14H,10-13,15-17H2,1-3H3,(H2,26,27,28). The van der Waals surface area contributed by atoms with E-state index in [0.29, 0.717) is 6.54 Å². The molecular weight excluding hydrogens is 413 g/mol. The molecule has 1 fully saturated rings. The Morgan fingerprint density at radius 2 is 1.87 bits per heavy atom. The van der Waals surface area contributed by atoms with Crippen LogP contribution in [0.5, 0.6) is 5.75 Å². The zero-order valence-corrected chi connectivity index (χ0v) is 19.4. The topological polar surface area (TPSA) is 54.9 Å². The molecule has 1 aliphatic heterocycles. The van der Waals surface area contributed by atoms with Gasteiger partial charge in [-0.05, 0) is 60.1 Å². The van der Waals surface area contributed by atoms with Crippen molar-refractivity contribution in [1.82, 2.24) is 10.6 Å². The van der Waals surface area contributed by atoms with Crippen LogP contribution in [0.1, 0.15) is 29.5 Å². The van der Waals surface area contributed by atoms with E-state index in [9.17, 15) is 4.39 Å². The molecule has 0 aromatic heterocycles. The van der Waals surface area contributed by atoms with E-state index in [1.807, 2.05) is 24.5 Å². The number of nitrogens with one attached hydrogen (secondary N) is 2. The van der Waals surface area contributed by atoms with Crippen LogP contribution < -0.4 is 15.4 Å². The van der Waals surface area contributed by atoms with Crippen LogP contribution in [-0.2, 0) is 22.4 Å². The van der Waals surface area contributed by atoms with E-state index < -0.39 is 0 Å². The third-order valence-corrected chi connectivity index (χ3v) is 6.48. The summed E-state index contributed by atoms with van der Waals surface area (Å²) in [4.78, 5) is 4.40. The third-order valence-electron chi connectivity index (χ3n) is 5.88. The molecule has 0 saturated carbocycles. The smallest absolute Gasteiger partial charge is 0.191 e. The van der Waals surface area contributed by atoms with E-state index >= 15 is 0 Å². The van der Waals surface area contributed by atoms with Crippen molar-refractivity contribution in [3.8, 4) is 5.75 Å². The Labute approximate surface area is 188 Å². The number of hydrogen-bond donors (Lipinski definition) is 2. The molecule has 0 aliphatic carbocycles. The molecule has 0 bridgehead atoms. The van der Waals surface area contributed by atoms with Crippen LogP contribution in [0.4, 0.5) is 4.39 Å². The third kappa shape index (κ3) is 6.14. The fraction of sp³-hybridized carbons (Fsp3) is 0.458. The van der Waals surface area contributed by atoms with Crippen LogP contribution in [0, 0.1) is 5.82 Å². The molecule has 0 unspecified atom stereocenters. The lowest BCUT2D eigenvalue weighted by molar-refractivity contribution is 0.0513. The summed E-state index contributed by atoms with van der Waals surface area (Å²) in [5.41, 5.74) is 3.34. The van der Waals surface area contributed by atoms with Crippen LogP contribution in [0.3, 0.4) is 0 Å². The maximum Gasteiger partial charge on any atom is 0.191 e. The number of thioether (sulfide) groups is 1. The van der Waals surface area contributed by atoms with Gasteiger partial charge >= 0.3 is 0 Å². The number of ether oxygens (including phenoxy) is 2. The van der Waals surface area contributed by atoms with Crippen molar-refractivity contribution in [3.05, 3.63) is 65.0 Å². The van der Waals surface area contributed by atoms with Gasteiger partial charge in [0.05, 0.1) is 7.11 Å². The summed E-state index contributed by atoms with van der Waals surface area (Å²) in [6.07, 6.45) is 3.91. The van der Waals surface area contributed by atoms with Gasteiger partial charge in [-0.25, -0.2) is 4.39 Å². The molecule has 2 aromatic rings. The second kappa shape index (κ2) is 11.4. The maximum atomic E-state index is 13.6. The van der Waals surface area contributed by atoms with Gasteiger partial charge in [0.15, 0.2) is 5.96 Å². The van der Waals surface area contributed by atoms with Gasteiger partial charge in [-0.15, -0.1) is 0 Å². The second-order valence-corrected chi connectivity index (χ2v) is 8.61. The maximum absolute atomic E-state index is 13.6. The SMILES string of the molecule is CN=C(NCc1ccc(F)cc1CSC)NCC1(c2ccc(OC)cc2)CCOCC1. The minimum absolute atomic E-state index is 0.0258. The second-order valence-electron chi connectivity index (χ2n) is 7.75. The lowest BCUT2D eigenvalue weighted by Gasteiger charge is -2.38. The Bertz CT molecular complexity index is 868. The van der Waals surface area contributed by atoms with E-state index in [-0.39, 0.29) is 11.2 Å². The van der Waals surface area contributed by atoms with E-state index in [0.717, 1.165) is 61.2 Å². The van der Waals surface area contributed by atoms with E-state index in [1.165, 1.54) is 11.6 Å². The molecular formula is C24H32FN3O2S. The van der Waals surface area contributed by atoms with Crippen LogP contribution in [0.15, 0.2) is 47.5 Å². The highest BCUT2D eigenvalue weighted by Crippen LogP contribution is 2.35. The first kappa shape index (κ1) is 23.4. The summed E-state index contributed by atoms with van der Waals surface area (Å²) in [6, 6.07) is 13.3. The Balaban J connectivity index is 1.67. The minimum Gasteiger partial charge on any atom is -0.497 e. The van der Waals surface area contributed by atoms with E-state index in [2.05, 4.69) is 27.8 Å². The number of hydrogen-bond acceptors (Lipinski definition) is 4. The van der Waals surface area contributed by atoms with Crippen molar-refractivity contribution in [1.29, 1.82) is 0 Å². The summed E-state index contributed by atoms with van der Waals surface area (Å²) in [5, 5.41) is 6.90. The summed E-state index contributed by atoms with van der Waals surface area (Å²) in [7, 11) is 3.45. The van der Waals surface area contributed by atoms with Gasteiger partial charge < -0.3 is 20.1 Å². The number of rotatable bonds is 8. The first-order valence-corrected chi connectivity index (χ1v) is 11.9. The molecule has 3 rings (SSSR count). The molecule has 7 heteroatoms. The summed E-state index contributed by atoms with van der Waals surface area (Å²) in [5.74, 6) is 2.17. The molecule has 168 valence electrons. The molecule has 1 aliphatic rings. The first-order valence-electron chi connectivity index (χ1n) is 10.5. The van der Waals surface area contributed by atoms with E-state index in [1.54, 1.807) is 32.0 Å². The monoisotopic (exact) mass is 445 g/mol. The van der Waals surface area contributed by atoms with Crippen molar-refractivity contribution in [2.75, 3.05) is 40.2 Å². The lowest BCUT2D eigenvalue weighted by Crippen LogP contribution is -2.48. The van der Waals surface area contributed by atoms with Crippen LogP contribution >= 0.6 is 11.8 Å². The first-order chi connectivity index (χ1) is 15.1. The molecule has 0 radical (unpaired) electrons. The predicted octanol–water partition coefficient (Wildman–Crippen LogP) is 4.11. The average molecular weight is 446 g/mol. The van der Waals surface area contributed by atoms with Crippen molar-refractivity contribution >= 4 is 17.7 Å². The van der Waals surface area contributed by atoms with Crippen molar-refractivity contribution in [2.24, 2.45) is 4.99 Å². The Morgan fingerprint density at radius 1 is 1.13 bits per heavy atom. The molecule has 2 aromatic carbocycles. The summed E-state index contributed by atoms with van der Waals surface area (Å²) in [6.45, 7) is 2.83. The normalized spacial score (nSPS) is 16.1. The molecule has 31 heavy (non-hydrogen) atoms. The van der Waals surface area contributed by atoms with Gasteiger partial charge in [-0.1, -0.05) is 18.2 Å². The fourth-order valence-corrected chi connectivity index (χ4v) is 4.56. The van der Waals surface area contributed by atoms with E-state index in [4.69, 9.17) is 9.47 Å². The Hall–Kier alpha value is -2.25. The minimum atomic E-state index is -0.198. The van der Waals surface area contributed by atoms with Crippen LogP contribution in [-0.4, -0.2) is 46.1 Å². The molecule has 0 atom stereocenters. The quantitative estimate of drug-likeness (QED) is 0.473. The van der Waals surface area contributed by atoms with Crippen molar-refractivity contribution < 1.29 is 13.9 Å². The molecule has 2 N–H and O–H groups in total. The zero-order chi connectivity index (χ0) is 22.1. The van der Waals surface area contributed by atoms with Gasteiger partial charge in [0.1, 0.15) is 11.6 Å². The molecule has 1 saturated heterocycles. The fourth-order valence-electron chi connectivity index (χ4n) is 3.98. The highest BCUT2D eigenvalue weighted by atomic mass is 32.2. The van der Waals surface area contributed by atoms with Crippen molar-refractivity contribution in [3.63, 3.8) is 0 Å². The lowest BCUT2D eigenvalue weighted by atomic mass is 9.74. The Kier molecular flexibility index (Phi) is 8.60. The number of methoxy groups -OCH3 is 1.